The van der Waals surface area contributed by atoms with E-state index in [2.05, 4.69) is 5.32 Å². The standard InChI is InChI=1S/C17H23NO2/c1-4-14(5-2)11-12-16(19)18-13-17(3,20)15-9-7-6-8-10-15/h4,6-12,20H,5,13H2,1-3H3,(H,18,19). The quantitative estimate of drug-likeness (QED) is 0.618. The Morgan fingerprint density at radius 2 is 1.95 bits per heavy atom. The smallest absolute Gasteiger partial charge is 0.244 e. The number of amides is 1. The van der Waals surface area contributed by atoms with Crippen molar-refractivity contribution >= 4 is 5.91 Å². The Morgan fingerprint density at radius 3 is 2.50 bits per heavy atom. The number of benzene rings is 1. The number of aliphatic hydroxyl groups is 1. The highest BCUT2D eigenvalue weighted by Crippen LogP contribution is 2.18. The van der Waals surface area contributed by atoms with Gasteiger partial charge in [0.15, 0.2) is 0 Å². The molecule has 1 aromatic rings. The molecule has 0 aromatic heterocycles. The first-order valence-corrected chi connectivity index (χ1v) is 6.88. The van der Waals surface area contributed by atoms with Crippen LogP contribution in [0.4, 0.5) is 0 Å². The first-order valence-electron chi connectivity index (χ1n) is 6.88. The van der Waals surface area contributed by atoms with Crippen molar-refractivity contribution in [2.75, 3.05) is 6.54 Å². The van der Waals surface area contributed by atoms with Gasteiger partial charge < -0.3 is 10.4 Å². The Morgan fingerprint density at radius 1 is 1.30 bits per heavy atom. The lowest BCUT2D eigenvalue weighted by molar-refractivity contribution is -0.117. The summed E-state index contributed by atoms with van der Waals surface area (Å²) < 4.78 is 0. The van der Waals surface area contributed by atoms with Gasteiger partial charge in [-0.25, -0.2) is 0 Å². The summed E-state index contributed by atoms with van der Waals surface area (Å²) in [6.45, 7) is 5.85. The van der Waals surface area contributed by atoms with E-state index in [1.54, 1.807) is 13.0 Å². The van der Waals surface area contributed by atoms with Crippen LogP contribution in [0.5, 0.6) is 0 Å². The van der Waals surface area contributed by atoms with Crippen molar-refractivity contribution in [2.45, 2.75) is 32.8 Å². The number of nitrogens with one attached hydrogen (secondary N) is 1. The molecular formula is C17H23NO2. The van der Waals surface area contributed by atoms with Crippen LogP contribution in [0.15, 0.2) is 54.1 Å². The predicted octanol–water partition coefficient (Wildman–Crippen LogP) is 2.92. The molecule has 108 valence electrons. The van der Waals surface area contributed by atoms with Crippen LogP contribution in [0.1, 0.15) is 32.8 Å². The molecule has 0 saturated heterocycles. The van der Waals surface area contributed by atoms with Crippen LogP contribution in [0.2, 0.25) is 0 Å². The maximum atomic E-state index is 11.7. The second-order valence-corrected chi connectivity index (χ2v) is 4.91. The van der Waals surface area contributed by atoms with E-state index in [1.165, 1.54) is 6.08 Å². The molecule has 3 heteroatoms. The first-order chi connectivity index (χ1) is 9.49. The van der Waals surface area contributed by atoms with Crippen LogP contribution >= 0.6 is 0 Å². The van der Waals surface area contributed by atoms with Crippen molar-refractivity contribution in [1.29, 1.82) is 0 Å². The molecule has 0 saturated carbocycles. The van der Waals surface area contributed by atoms with Gasteiger partial charge in [-0.3, -0.25) is 4.79 Å². The fourth-order valence-electron chi connectivity index (χ4n) is 1.82. The monoisotopic (exact) mass is 273 g/mol. The van der Waals surface area contributed by atoms with Crippen LogP contribution in [-0.2, 0) is 10.4 Å². The van der Waals surface area contributed by atoms with Crippen molar-refractivity contribution in [3.63, 3.8) is 0 Å². The molecule has 1 aromatic carbocycles. The van der Waals surface area contributed by atoms with E-state index in [0.717, 1.165) is 17.6 Å². The molecule has 0 aliphatic carbocycles. The molecule has 1 unspecified atom stereocenters. The number of hydrogen-bond donors (Lipinski definition) is 2. The summed E-state index contributed by atoms with van der Waals surface area (Å²) in [5, 5.41) is 13.1. The molecule has 0 radical (unpaired) electrons. The minimum atomic E-state index is -1.07. The van der Waals surface area contributed by atoms with Crippen molar-refractivity contribution < 1.29 is 9.90 Å². The van der Waals surface area contributed by atoms with Gasteiger partial charge in [-0.1, -0.05) is 55.0 Å². The molecule has 1 rings (SSSR count). The lowest BCUT2D eigenvalue weighted by Crippen LogP contribution is -2.37. The molecule has 0 fully saturated rings. The van der Waals surface area contributed by atoms with Crippen molar-refractivity contribution in [3.05, 3.63) is 59.7 Å². The average molecular weight is 273 g/mol. The van der Waals surface area contributed by atoms with Gasteiger partial charge in [0.1, 0.15) is 5.60 Å². The Balaban J connectivity index is 2.57. The third kappa shape index (κ3) is 5.02. The number of carbonyl (C=O) groups is 1. The minimum absolute atomic E-state index is 0.178. The zero-order chi connectivity index (χ0) is 15.0. The van der Waals surface area contributed by atoms with E-state index in [1.807, 2.05) is 50.3 Å². The molecule has 2 N–H and O–H groups in total. The van der Waals surface area contributed by atoms with Gasteiger partial charge in [-0.05, 0) is 25.8 Å². The first kappa shape index (κ1) is 16.2. The van der Waals surface area contributed by atoms with E-state index in [0.29, 0.717) is 0 Å². The second kappa shape index (κ2) is 7.65. The Bertz CT molecular complexity index is 487. The lowest BCUT2D eigenvalue weighted by Gasteiger charge is -2.23. The van der Waals surface area contributed by atoms with Crippen LogP contribution in [0.3, 0.4) is 0 Å². The van der Waals surface area contributed by atoms with E-state index in [-0.39, 0.29) is 12.5 Å². The van der Waals surface area contributed by atoms with Crippen LogP contribution in [-0.4, -0.2) is 17.6 Å². The zero-order valence-electron chi connectivity index (χ0n) is 12.4. The summed E-state index contributed by atoms with van der Waals surface area (Å²) in [4.78, 5) is 11.7. The fourth-order valence-corrected chi connectivity index (χ4v) is 1.82. The summed E-state index contributed by atoms with van der Waals surface area (Å²) in [6.07, 6.45) is 6.17. The van der Waals surface area contributed by atoms with Crippen LogP contribution in [0, 0.1) is 0 Å². The number of allylic oxidation sites excluding steroid dienone is 3. The number of carbonyl (C=O) groups excluding carboxylic acids is 1. The Kier molecular flexibility index (Phi) is 6.19. The molecule has 0 bridgehead atoms. The highest BCUT2D eigenvalue weighted by atomic mass is 16.3. The lowest BCUT2D eigenvalue weighted by atomic mass is 9.96. The molecule has 0 aliphatic heterocycles. The Hall–Kier alpha value is -1.87. The molecule has 1 amide bonds. The molecule has 0 spiro atoms. The Labute approximate surface area is 121 Å². The van der Waals surface area contributed by atoms with E-state index in [9.17, 15) is 9.90 Å². The summed E-state index contributed by atoms with van der Waals surface area (Å²) >= 11 is 0. The molecule has 0 heterocycles. The summed E-state index contributed by atoms with van der Waals surface area (Å²) in [5.74, 6) is -0.200. The van der Waals surface area contributed by atoms with Crippen LogP contribution in [0.25, 0.3) is 0 Å². The highest BCUT2D eigenvalue weighted by molar-refractivity contribution is 5.88. The maximum absolute atomic E-state index is 11.7. The second-order valence-electron chi connectivity index (χ2n) is 4.91. The molecule has 0 aliphatic rings. The minimum Gasteiger partial charge on any atom is -0.384 e. The summed E-state index contributed by atoms with van der Waals surface area (Å²) in [7, 11) is 0. The van der Waals surface area contributed by atoms with Crippen LogP contribution < -0.4 is 5.32 Å². The average Bonchev–Trinajstić information content (AvgIpc) is 2.47. The molecule has 3 nitrogen and oxygen atoms in total. The van der Waals surface area contributed by atoms with E-state index < -0.39 is 5.60 Å². The van der Waals surface area contributed by atoms with Crippen molar-refractivity contribution in [3.8, 4) is 0 Å². The zero-order valence-corrected chi connectivity index (χ0v) is 12.4. The number of hydrogen-bond acceptors (Lipinski definition) is 2. The third-order valence-electron chi connectivity index (χ3n) is 3.23. The maximum Gasteiger partial charge on any atom is 0.244 e. The van der Waals surface area contributed by atoms with Gasteiger partial charge in [0.2, 0.25) is 5.91 Å². The van der Waals surface area contributed by atoms with E-state index >= 15 is 0 Å². The van der Waals surface area contributed by atoms with Gasteiger partial charge in [0.25, 0.3) is 0 Å². The summed E-state index contributed by atoms with van der Waals surface area (Å²) in [6, 6.07) is 9.31. The summed E-state index contributed by atoms with van der Waals surface area (Å²) in [5.41, 5.74) is 0.820. The van der Waals surface area contributed by atoms with Crippen molar-refractivity contribution in [1.82, 2.24) is 5.32 Å². The SMILES string of the molecule is CC=C(C=CC(=O)NCC(C)(O)c1ccccc1)CC. The molecule has 20 heavy (non-hydrogen) atoms. The van der Waals surface area contributed by atoms with Gasteiger partial charge in [-0.2, -0.15) is 0 Å². The van der Waals surface area contributed by atoms with Gasteiger partial charge in [0, 0.05) is 6.08 Å². The normalized spacial score (nSPS) is 15.1. The topological polar surface area (TPSA) is 49.3 Å². The van der Waals surface area contributed by atoms with Gasteiger partial charge in [-0.15, -0.1) is 0 Å². The largest absolute Gasteiger partial charge is 0.384 e. The molecule has 1 atom stereocenters. The van der Waals surface area contributed by atoms with Gasteiger partial charge in [0.05, 0.1) is 6.54 Å². The van der Waals surface area contributed by atoms with Crippen molar-refractivity contribution in [2.24, 2.45) is 0 Å². The third-order valence-corrected chi connectivity index (χ3v) is 3.23. The fraction of sp³-hybridized carbons (Fsp3) is 0.353. The highest BCUT2D eigenvalue weighted by Gasteiger charge is 2.22. The number of rotatable bonds is 6. The van der Waals surface area contributed by atoms with E-state index in [4.69, 9.17) is 0 Å². The van der Waals surface area contributed by atoms with Gasteiger partial charge >= 0.3 is 0 Å². The molecular weight excluding hydrogens is 250 g/mol. The predicted molar refractivity (Wildman–Crippen MR) is 82.2 cm³/mol.